The Kier molecular flexibility index (Phi) is 7.91. The quantitative estimate of drug-likeness (QED) is 0.427. The number of aromatic hydroxyl groups is 1. The molecule has 4 rings (SSSR count). The number of aliphatic hydroxyl groups is 1. The molecule has 1 heterocycles. The molecule has 1 fully saturated rings. The van der Waals surface area contributed by atoms with Crippen molar-refractivity contribution >= 4 is 11.9 Å². The molecular formula is C29H40O8. The van der Waals surface area contributed by atoms with E-state index in [1.165, 1.54) is 30.5 Å². The standard InChI is InChI=1S/C29H40O8/c1-13(2)10-19-11-15(4)20-9-8-14(3)22-24(20)23(19)16(5)27(25(22)32)37-29-26(33)28(36-18(7)31)21(12-34-29)35-17(6)30/h10,14-15,19-21,26,28-29,32-33H,8-9,11-12H2,1-7H3/t14-,15-,19+,20+,21-,26?,28?,29+/m0/s1. The highest BCUT2D eigenvalue weighted by molar-refractivity contribution is 5.67. The monoisotopic (exact) mass is 516 g/mol. The highest BCUT2D eigenvalue weighted by Crippen LogP contribution is 2.58. The molecule has 2 unspecified atom stereocenters. The molecule has 1 aromatic rings. The number of carbonyl (C=O) groups is 2. The number of rotatable bonds is 5. The molecule has 1 aromatic carbocycles. The van der Waals surface area contributed by atoms with Crippen molar-refractivity contribution in [1.29, 1.82) is 0 Å². The summed E-state index contributed by atoms with van der Waals surface area (Å²) in [6.07, 6.45) is 0.573. The van der Waals surface area contributed by atoms with E-state index in [1.54, 1.807) is 0 Å². The molecule has 1 saturated heterocycles. The first-order valence-electron chi connectivity index (χ1n) is 13.3. The van der Waals surface area contributed by atoms with Gasteiger partial charge in [0, 0.05) is 25.3 Å². The second kappa shape index (κ2) is 10.7. The molecule has 2 N–H and O–H groups in total. The Bertz CT molecular complexity index is 1090. The minimum Gasteiger partial charge on any atom is -0.504 e. The van der Waals surface area contributed by atoms with Crippen molar-refractivity contribution in [2.75, 3.05) is 6.61 Å². The number of allylic oxidation sites excluding steroid dienone is 2. The molecule has 8 atom stereocenters. The van der Waals surface area contributed by atoms with Gasteiger partial charge in [-0.2, -0.15) is 0 Å². The zero-order valence-corrected chi connectivity index (χ0v) is 22.9. The van der Waals surface area contributed by atoms with Crippen LogP contribution < -0.4 is 4.74 Å². The van der Waals surface area contributed by atoms with Crippen LogP contribution in [0.4, 0.5) is 0 Å². The molecule has 0 amide bonds. The molecule has 0 aromatic heterocycles. The number of benzene rings is 1. The molecule has 2 aliphatic carbocycles. The third-order valence-corrected chi connectivity index (χ3v) is 8.05. The second-order valence-electron chi connectivity index (χ2n) is 11.2. The topological polar surface area (TPSA) is 112 Å². The third-order valence-electron chi connectivity index (χ3n) is 8.05. The fourth-order valence-electron chi connectivity index (χ4n) is 6.57. The first-order valence-corrected chi connectivity index (χ1v) is 13.3. The van der Waals surface area contributed by atoms with Gasteiger partial charge in [-0.25, -0.2) is 0 Å². The van der Waals surface area contributed by atoms with Crippen LogP contribution in [0.1, 0.15) is 101 Å². The van der Waals surface area contributed by atoms with Crippen LogP contribution in [0.5, 0.6) is 11.5 Å². The van der Waals surface area contributed by atoms with Gasteiger partial charge in [0.15, 0.2) is 29.8 Å². The molecular weight excluding hydrogens is 476 g/mol. The Hall–Kier alpha value is -2.58. The number of phenols is 1. The Morgan fingerprint density at radius 1 is 1.00 bits per heavy atom. The Labute approximate surface area is 218 Å². The largest absolute Gasteiger partial charge is 0.504 e. The van der Waals surface area contributed by atoms with Crippen molar-refractivity contribution in [1.82, 2.24) is 0 Å². The van der Waals surface area contributed by atoms with Gasteiger partial charge in [0.2, 0.25) is 6.29 Å². The van der Waals surface area contributed by atoms with Crippen LogP contribution in [0.15, 0.2) is 11.6 Å². The summed E-state index contributed by atoms with van der Waals surface area (Å²) in [6.45, 7) is 12.9. The van der Waals surface area contributed by atoms with E-state index in [9.17, 15) is 19.8 Å². The number of carbonyl (C=O) groups excluding carboxylic acids is 2. The molecule has 8 heteroatoms. The molecule has 37 heavy (non-hydrogen) atoms. The highest BCUT2D eigenvalue weighted by Gasteiger charge is 2.47. The van der Waals surface area contributed by atoms with Crippen LogP contribution in [-0.4, -0.2) is 53.4 Å². The van der Waals surface area contributed by atoms with Crippen molar-refractivity contribution in [2.45, 2.75) is 110 Å². The molecule has 204 valence electrons. The predicted molar refractivity (Wildman–Crippen MR) is 137 cm³/mol. The van der Waals surface area contributed by atoms with Gasteiger partial charge in [-0.05, 0) is 74.5 Å². The van der Waals surface area contributed by atoms with Crippen molar-refractivity contribution in [2.24, 2.45) is 5.92 Å². The Balaban J connectivity index is 1.77. The molecule has 0 saturated carbocycles. The van der Waals surface area contributed by atoms with Gasteiger partial charge in [0.1, 0.15) is 0 Å². The van der Waals surface area contributed by atoms with E-state index in [4.69, 9.17) is 18.9 Å². The lowest BCUT2D eigenvalue weighted by Crippen LogP contribution is -2.57. The normalized spacial score (nSPS) is 32.6. The summed E-state index contributed by atoms with van der Waals surface area (Å²) >= 11 is 0. The van der Waals surface area contributed by atoms with Gasteiger partial charge in [-0.15, -0.1) is 0 Å². The maximum atomic E-state index is 11.7. The molecule has 0 bridgehead atoms. The van der Waals surface area contributed by atoms with E-state index in [1.807, 2.05) is 6.92 Å². The lowest BCUT2D eigenvalue weighted by molar-refractivity contribution is -0.254. The summed E-state index contributed by atoms with van der Waals surface area (Å²) in [4.78, 5) is 23.3. The van der Waals surface area contributed by atoms with Crippen LogP contribution in [0.2, 0.25) is 0 Å². The summed E-state index contributed by atoms with van der Waals surface area (Å²) in [5.41, 5.74) is 5.42. The number of hydrogen-bond donors (Lipinski definition) is 2. The lowest BCUT2D eigenvalue weighted by Gasteiger charge is -2.44. The van der Waals surface area contributed by atoms with Crippen molar-refractivity contribution < 1.29 is 38.7 Å². The Morgan fingerprint density at radius 2 is 1.68 bits per heavy atom. The molecule has 3 aliphatic rings. The molecule has 1 aliphatic heterocycles. The summed E-state index contributed by atoms with van der Waals surface area (Å²) in [6, 6.07) is 0. The number of aliphatic hydroxyl groups excluding tert-OH is 1. The van der Waals surface area contributed by atoms with E-state index >= 15 is 0 Å². The summed E-state index contributed by atoms with van der Waals surface area (Å²) < 4.78 is 22.5. The number of phenolic OH excluding ortho intramolecular Hbond substituents is 1. The SMILES string of the molecule is CC(=O)OC1C(O)[C@@H](Oc2c(C)c3c4c(c2O)[C@@H](C)CC[C@@H]4[C@@H](C)C[C@H]3C=C(C)C)OC[C@@H]1OC(C)=O. The van der Waals surface area contributed by atoms with Crippen molar-refractivity contribution in [3.63, 3.8) is 0 Å². The average Bonchev–Trinajstić information content (AvgIpc) is 2.78. The zero-order chi connectivity index (χ0) is 27.2. The van der Waals surface area contributed by atoms with Crippen LogP contribution in [0.25, 0.3) is 0 Å². The summed E-state index contributed by atoms with van der Waals surface area (Å²) in [5.74, 6) is 0.384. The fourth-order valence-corrected chi connectivity index (χ4v) is 6.57. The van der Waals surface area contributed by atoms with Gasteiger partial charge in [0.05, 0.1) is 6.61 Å². The molecule has 0 radical (unpaired) electrons. The van der Waals surface area contributed by atoms with Gasteiger partial charge in [-0.1, -0.05) is 25.5 Å². The van der Waals surface area contributed by atoms with E-state index < -0.39 is 36.5 Å². The van der Waals surface area contributed by atoms with E-state index in [-0.39, 0.29) is 29.9 Å². The van der Waals surface area contributed by atoms with Gasteiger partial charge in [0.25, 0.3) is 0 Å². The maximum Gasteiger partial charge on any atom is 0.303 e. The predicted octanol–water partition coefficient (Wildman–Crippen LogP) is 4.73. The molecule has 8 nitrogen and oxygen atoms in total. The smallest absolute Gasteiger partial charge is 0.303 e. The number of hydrogen-bond acceptors (Lipinski definition) is 8. The Morgan fingerprint density at radius 3 is 2.30 bits per heavy atom. The molecule has 0 spiro atoms. The third kappa shape index (κ3) is 5.23. The number of esters is 2. The van der Waals surface area contributed by atoms with Gasteiger partial charge < -0.3 is 29.2 Å². The lowest BCUT2D eigenvalue weighted by atomic mass is 9.62. The van der Waals surface area contributed by atoms with Crippen LogP contribution in [0.3, 0.4) is 0 Å². The minimum atomic E-state index is -1.44. The second-order valence-corrected chi connectivity index (χ2v) is 11.2. The highest BCUT2D eigenvalue weighted by atomic mass is 16.7. The minimum absolute atomic E-state index is 0.0837. The van der Waals surface area contributed by atoms with Crippen LogP contribution in [-0.2, 0) is 23.8 Å². The fraction of sp³-hybridized carbons (Fsp3) is 0.655. The van der Waals surface area contributed by atoms with Crippen LogP contribution >= 0.6 is 0 Å². The first-order chi connectivity index (χ1) is 17.4. The maximum absolute atomic E-state index is 11.7. The van der Waals surface area contributed by atoms with Gasteiger partial charge >= 0.3 is 11.9 Å². The number of ether oxygens (including phenoxy) is 4. The van der Waals surface area contributed by atoms with E-state index in [2.05, 4.69) is 33.8 Å². The van der Waals surface area contributed by atoms with E-state index in [0.29, 0.717) is 11.8 Å². The average molecular weight is 517 g/mol. The zero-order valence-electron chi connectivity index (χ0n) is 22.9. The van der Waals surface area contributed by atoms with E-state index in [0.717, 1.165) is 30.4 Å². The van der Waals surface area contributed by atoms with Crippen LogP contribution in [0, 0.1) is 12.8 Å². The van der Waals surface area contributed by atoms with Gasteiger partial charge in [-0.3, -0.25) is 9.59 Å². The summed E-state index contributed by atoms with van der Waals surface area (Å²) in [5, 5.41) is 22.6. The first kappa shape index (κ1) is 27.5. The van der Waals surface area contributed by atoms with Crippen molar-refractivity contribution in [3.8, 4) is 11.5 Å². The van der Waals surface area contributed by atoms with Crippen molar-refractivity contribution in [3.05, 3.63) is 33.9 Å². The summed E-state index contributed by atoms with van der Waals surface area (Å²) in [7, 11) is 0.